The van der Waals surface area contributed by atoms with Gasteiger partial charge in [-0.15, -0.1) is 0 Å². The van der Waals surface area contributed by atoms with Crippen LogP contribution in [0.2, 0.25) is 0 Å². The van der Waals surface area contributed by atoms with Crippen LogP contribution in [0.15, 0.2) is 18.2 Å². The second-order valence-corrected chi connectivity index (χ2v) is 4.13. The molecule has 0 aliphatic carbocycles. The van der Waals surface area contributed by atoms with E-state index in [4.69, 9.17) is 9.47 Å². The first-order chi connectivity index (χ1) is 8.70. The van der Waals surface area contributed by atoms with Crippen molar-refractivity contribution in [2.75, 3.05) is 26.9 Å². The maximum Gasteiger partial charge on any atom is 0.131 e. The number of methoxy groups -OCH3 is 1. The Morgan fingerprint density at radius 1 is 1.33 bits per heavy atom. The summed E-state index contributed by atoms with van der Waals surface area (Å²) in [7, 11) is 1.65. The molecule has 18 heavy (non-hydrogen) atoms. The van der Waals surface area contributed by atoms with Crippen LogP contribution in [0.3, 0.4) is 0 Å². The fraction of sp³-hybridized carbons (Fsp3) is 0.571. The second-order valence-electron chi connectivity index (χ2n) is 4.13. The Bertz CT molecular complexity index is 358. The molecule has 4 heteroatoms. The maximum absolute atomic E-state index is 13.9. The zero-order valence-electron chi connectivity index (χ0n) is 11.3. The minimum Gasteiger partial charge on any atom is -0.493 e. The standard InChI is InChI=1S/C14H22FNO2/c1-4-16-11(2)14-12(15)7-5-8-13(14)18-10-6-9-17-3/h5,7-8,11,16H,4,6,9-10H2,1-3H3. The van der Waals surface area contributed by atoms with E-state index in [0.717, 1.165) is 13.0 Å². The monoisotopic (exact) mass is 255 g/mol. The molecule has 1 aromatic rings. The predicted molar refractivity (Wildman–Crippen MR) is 70.5 cm³/mol. The average molecular weight is 255 g/mol. The SMILES string of the molecule is CCNC(C)c1c(F)cccc1OCCCOC. The van der Waals surface area contributed by atoms with E-state index in [2.05, 4.69) is 5.32 Å². The molecule has 0 heterocycles. The van der Waals surface area contributed by atoms with Crippen molar-refractivity contribution in [1.29, 1.82) is 0 Å². The molecule has 0 amide bonds. The Kier molecular flexibility index (Phi) is 6.68. The highest BCUT2D eigenvalue weighted by molar-refractivity contribution is 5.37. The third-order valence-corrected chi connectivity index (χ3v) is 2.71. The lowest BCUT2D eigenvalue weighted by Gasteiger charge is -2.18. The van der Waals surface area contributed by atoms with Crippen molar-refractivity contribution in [3.63, 3.8) is 0 Å². The van der Waals surface area contributed by atoms with Crippen LogP contribution in [0, 0.1) is 5.82 Å². The Labute approximate surface area is 108 Å². The van der Waals surface area contributed by atoms with E-state index >= 15 is 0 Å². The molecule has 0 radical (unpaired) electrons. The summed E-state index contributed by atoms with van der Waals surface area (Å²) in [6.07, 6.45) is 0.794. The van der Waals surface area contributed by atoms with Crippen molar-refractivity contribution in [1.82, 2.24) is 5.32 Å². The molecule has 1 N–H and O–H groups in total. The zero-order chi connectivity index (χ0) is 13.4. The third-order valence-electron chi connectivity index (χ3n) is 2.71. The Hall–Kier alpha value is -1.13. The molecule has 1 unspecified atom stereocenters. The highest BCUT2D eigenvalue weighted by Gasteiger charge is 2.15. The average Bonchev–Trinajstić information content (AvgIpc) is 2.35. The van der Waals surface area contributed by atoms with Gasteiger partial charge in [0.1, 0.15) is 11.6 Å². The lowest BCUT2D eigenvalue weighted by molar-refractivity contribution is 0.171. The van der Waals surface area contributed by atoms with Gasteiger partial charge in [-0.1, -0.05) is 13.0 Å². The van der Waals surface area contributed by atoms with Gasteiger partial charge < -0.3 is 14.8 Å². The molecule has 0 saturated carbocycles. The first kappa shape index (κ1) is 14.9. The number of nitrogens with one attached hydrogen (secondary N) is 1. The predicted octanol–water partition coefficient (Wildman–Crippen LogP) is 2.91. The van der Waals surface area contributed by atoms with Crippen molar-refractivity contribution in [2.24, 2.45) is 0 Å². The van der Waals surface area contributed by atoms with Crippen LogP contribution in [-0.4, -0.2) is 26.9 Å². The summed E-state index contributed by atoms with van der Waals surface area (Å²) in [6.45, 7) is 5.90. The molecular weight excluding hydrogens is 233 g/mol. The summed E-state index contributed by atoms with van der Waals surface area (Å²) in [5, 5.41) is 3.20. The molecule has 0 bridgehead atoms. The van der Waals surface area contributed by atoms with E-state index in [1.54, 1.807) is 19.2 Å². The largest absolute Gasteiger partial charge is 0.493 e. The first-order valence-corrected chi connectivity index (χ1v) is 6.34. The van der Waals surface area contributed by atoms with E-state index in [1.165, 1.54) is 6.07 Å². The minimum absolute atomic E-state index is 0.0615. The summed E-state index contributed by atoms with van der Waals surface area (Å²) in [5.74, 6) is 0.382. The van der Waals surface area contributed by atoms with Crippen molar-refractivity contribution in [3.8, 4) is 5.75 Å². The van der Waals surface area contributed by atoms with Crippen LogP contribution in [0.4, 0.5) is 4.39 Å². The summed E-state index contributed by atoms with van der Waals surface area (Å²) < 4.78 is 24.4. The molecule has 3 nitrogen and oxygen atoms in total. The van der Waals surface area contributed by atoms with Crippen LogP contribution >= 0.6 is 0 Å². The first-order valence-electron chi connectivity index (χ1n) is 6.34. The van der Waals surface area contributed by atoms with Gasteiger partial charge >= 0.3 is 0 Å². The maximum atomic E-state index is 13.9. The van der Waals surface area contributed by atoms with Crippen molar-refractivity contribution >= 4 is 0 Å². The summed E-state index contributed by atoms with van der Waals surface area (Å²) in [4.78, 5) is 0. The van der Waals surface area contributed by atoms with Gasteiger partial charge in [-0.3, -0.25) is 0 Å². The Morgan fingerprint density at radius 3 is 2.78 bits per heavy atom. The quantitative estimate of drug-likeness (QED) is 0.724. The summed E-state index contributed by atoms with van der Waals surface area (Å²) in [5.41, 5.74) is 0.594. The highest BCUT2D eigenvalue weighted by atomic mass is 19.1. The van der Waals surface area contributed by atoms with Gasteiger partial charge in [0.15, 0.2) is 0 Å². The lowest BCUT2D eigenvalue weighted by Crippen LogP contribution is -2.20. The van der Waals surface area contributed by atoms with Gasteiger partial charge in [0.2, 0.25) is 0 Å². The number of benzene rings is 1. The van der Waals surface area contributed by atoms with Gasteiger partial charge in [-0.05, 0) is 25.6 Å². The van der Waals surface area contributed by atoms with Gasteiger partial charge in [0.25, 0.3) is 0 Å². The molecule has 1 aromatic carbocycles. The number of rotatable bonds is 8. The van der Waals surface area contributed by atoms with Crippen molar-refractivity contribution < 1.29 is 13.9 Å². The zero-order valence-corrected chi connectivity index (χ0v) is 11.3. The molecule has 1 atom stereocenters. The lowest BCUT2D eigenvalue weighted by atomic mass is 10.1. The molecule has 0 aromatic heterocycles. The number of halogens is 1. The fourth-order valence-electron chi connectivity index (χ4n) is 1.86. The smallest absolute Gasteiger partial charge is 0.131 e. The van der Waals surface area contributed by atoms with Crippen LogP contribution < -0.4 is 10.1 Å². The summed E-state index contributed by atoms with van der Waals surface area (Å²) in [6, 6.07) is 4.88. The number of hydrogen-bond donors (Lipinski definition) is 1. The molecule has 102 valence electrons. The Morgan fingerprint density at radius 2 is 2.11 bits per heavy atom. The van der Waals surface area contributed by atoms with Gasteiger partial charge in [0.05, 0.1) is 6.61 Å². The van der Waals surface area contributed by atoms with E-state index in [0.29, 0.717) is 24.5 Å². The van der Waals surface area contributed by atoms with Crippen LogP contribution in [0.5, 0.6) is 5.75 Å². The van der Waals surface area contributed by atoms with Crippen molar-refractivity contribution in [3.05, 3.63) is 29.6 Å². The second kappa shape index (κ2) is 8.06. The van der Waals surface area contributed by atoms with Gasteiger partial charge in [-0.2, -0.15) is 0 Å². The van der Waals surface area contributed by atoms with Gasteiger partial charge in [-0.25, -0.2) is 4.39 Å². The molecule has 0 fully saturated rings. The molecule has 0 aliphatic rings. The molecule has 0 spiro atoms. The molecule has 0 aliphatic heterocycles. The van der Waals surface area contributed by atoms with Crippen LogP contribution in [-0.2, 0) is 4.74 Å². The third kappa shape index (κ3) is 4.27. The van der Waals surface area contributed by atoms with Crippen LogP contribution in [0.25, 0.3) is 0 Å². The topological polar surface area (TPSA) is 30.5 Å². The Balaban J connectivity index is 2.73. The van der Waals surface area contributed by atoms with Crippen LogP contribution in [0.1, 0.15) is 31.9 Å². The molecule has 1 rings (SSSR count). The minimum atomic E-state index is -0.229. The van der Waals surface area contributed by atoms with E-state index in [1.807, 2.05) is 13.8 Å². The highest BCUT2D eigenvalue weighted by Crippen LogP contribution is 2.27. The van der Waals surface area contributed by atoms with Crippen molar-refractivity contribution in [2.45, 2.75) is 26.3 Å². The van der Waals surface area contributed by atoms with E-state index in [-0.39, 0.29) is 11.9 Å². The fourth-order valence-corrected chi connectivity index (χ4v) is 1.86. The van der Waals surface area contributed by atoms with E-state index in [9.17, 15) is 4.39 Å². The van der Waals surface area contributed by atoms with E-state index < -0.39 is 0 Å². The number of ether oxygens (including phenoxy) is 2. The molecule has 0 saturated heterocycles. The molecular formula is C14H22FNO2. The van der Waals surface area contributed by atoms with Gasteiger partial charge in [0, 0.05) is 31.7 Å². The normalized spacial score (nSPS) is 12.4. The summed E-state index contributed by atoms with van der Waals surface area (Å²) >= 11 is 0. The number of hydrogen-bond acceptors (Lipinski definition) is 3.